The van der Waals surface area contributed by atoms with Crippen molar-refractivity contribution in [2.45, 2.75) is 18.6 Å². The van der Waals surface area contributed by atoms with Gasteiger partial charge in [0.05, 0.1) is 12.0 Å². The molecule has 0 bridgehead atoms. The molecule has 0 aliphatic heterocycles. The van der Waals surface area contributed by atoms with Crippen LogP contribution in [-0.4, -0.2) is 17.3 Å². The molecule has 0 aliphatic carbocycles. The lowest BCUT2D eigenvalue weighted by molar-refractivity contribution is -0.138. The summed E-state index contributed by atoms with van der Waals surface area (Å²) in [5.74, 6) is -1.28. The monoisotopic (exact) mass is 233 g/mol. The maximum atomic E-state index is 12.1. The molecule has 6 heteroatoms. The molecule has 1 rings (SSSR count). The Morgan fingerprint density at radius 2 is 1.94 bits per heavy atom. The first kappa shape index (κ1) is 12.5. The predicted octanol–water partition coefficient (Wildman–Crippen LogP) is 2.34. The van der Waals surface area contributed by atoms with Crippen LogP contribution in [0.4, 0.5) is 13.2 Å². The smallest absolute Gasteiger partial charge is 0.390 e. The van der Waals surface area contributed by atoms with Gasteiger partial charge in [0.25, 0.3) is 0 Å². The van der Waals surface area contributed by atoms with Crippen LogP contribution in [0.15, 0.2) is 24.3 Å². The summed E-state index contributed by atoms with van der Waals surface area (Å²) in [5, 5.41) is 8.78. The number of nitrogens with two attached hydrogens (primary N) is 1. The molecule has 0 saturated carbocycles. The van der Waals surface area contributed by atoms with Crippen molar-refractivity contribution >= 4 is 5.97 Å². The van der Waals surface area contributed by atoms with Crippen molar-refractivity contribution in [3.8, 4) is 0 Å². The van der Waals surface area contributed by atoms with E-state index in [1.54, 1.807) is 0 Å². The first-order chi connectivity index (χ1) is 7.31. The molecule has 0 saturated heterocycles. The van der Waals surface area contributed by atoms with Crippen LogP contribution in [0.2, 0.25) is 0 Å². The highest BCUT2D eigenvalue weighted by Gasteiger charge is 2.32. The zero-order chi connectivity index (χ0) is 12.3. The molecule has 1 atom stereocenters. The van der Waals surface area contributed by atoms with Crippen LogP contribution >= 0.6 is 0 Å². The van der Waals surface area contributed by atoms with Gasteiger partial charge in [-0.05, 0) is 11.6 Å². The van der Waals surface area contributed by atoms with Gasteiger partial charge in [-0.2, -0.15) is 13.2 Å². The third-order valence-corrected chi connectivity index (χ3v) is 2.04. The summed E-state index contributed by atoms with van der Waals surface area (Å²) < 4.78 is 36.3. The second-order valence-electron chi connectivity index (χ2n) is 3.32. The third kappa shape index (κ3) is 3.23. The lowest BCUT2D eigenvalue weighted by Gasteiger charge is -2.16. The summed E-state index contributed by atoms with van der Waals surface area (Å²) in [4.78, 5) is 10.8. The Hall–Kier alpha value is -1.56. The molecule has 0 aliphatic rings. The summed E-state index contributed by atoms with van der Waals surface area (Å²) in [5.41, 5.74) is 5.13. The molecule has 0 amide bonds. The van der Waals surface area contributed by atoms with Crippen molar-refractivity contribution in [1.82, 2.24) is 0 Å². The number of carboxylic acids is 1. The average Bonchev–Trinajstić information content (AvgIpc) is 2.15. The SMILES string of the molecule is N[C@H](CC(F)(F)F)c1ccccc1C(=O)O. The number of carboxylic acid groups (broad SMARTS) is 1. The van der Waals surface area contributed by atoms with Crippen LogP contribution in [0.3, 0.4) is 0 Å². The van der Waals surface area contributed by atoms with Crippen LogP contribution in [0.25, 0.3) is 0 Å². The van der Waals surface area contributed by atoms with Crippen LogP contribution in [0, 0.1) is 0 Å². The zero-order valence-corrected chi connectivity index (χ0v) is 8.16. The average molecular weight is 233 g/mol. The highest BCUT2D eigenvalue weighted by atomic mass is 19.4. The highest BCUT2D eigenvalue weighted by Crippen LogP contribution is 2.29. The van der Waals surface area contributed by atoms with E-state index in [0.717, 1.165) is 0 Å². The van der Waals surface area contributed by atoms with Crippen LogP contribution in [0.1, 0.15) is 28.4 Å². The molecule has 1 aromatic carbocycles. The van der Waals surface area contributed by atoms with Gasteiger partial charge in [-0.3, -0.25) is 0 Å². The van der Waals surface area contributed by atoms with Gasteiger partial charge in [-0.25, -0.2) is 4.79 Å². The minimum Gasteiger partial charge on any atom is -0.478 e. The van der Waals surface area contributed by atoms with E-state index in [4.69, 9.17) is 10.8 Å². The van der Waals surface area contributed by atoms with E-state index in [1.165, 1.54) is 24.3 Å². The summed E-state index contributed by atoms with van der Waals surface area (Å²) in [6, 6.07) is 4.06. The third-order valence-electron chi connectivity index (χ3n) is 2.04. The Balaban J connectivity index is 2.99. The van der Waals surface area contributed by atoms with E-state index >= 15 is 0 Å². The summed E-state index contributed by atoms with van der Waals surface area (Å²) in [6.45, 7) is 0. The molecule has 0 fully saturated rings. The van der Waals surface area contributed by atoms with E-state index in [-0.39, 0.29) is 11.1 Å². The van der Waals surface area contributed by atoms with E-state index in [9.17, 15) is 18.0 Å². The van der Waals surface area contributed by atoms with Crippen molar-refractivity contribution in [2.75, 3.05) is 0 Å². The van der Waals surface area contributed by atoms with Crippen LogP contribution in [-0.2, 0) is 0 Å². The molecule has 0 spiro atoms. The van der Waals surface area contributed by atoms with E-state index in [2.05, 4.69) is 0 Å². The van der Waals surface area contributed by atoms with Crippen molar-refractivity contribution in [3.05, 3.63) is 35.4 Å². The van der Waals surface area contributed by atoms with Gasteiger partial charge >= 0.3 is 12.1 Å². The zero-order valence-electron chi connectivity index (χ0n) is 8.16. The number of alkyl halides is 3. The number of rotatable bonds is 3. The second-order valence-corrected chi connectivity index (χ2v) is 3.32. The van der Waals surface area contributed by atoms with Gasteiger partial charge in [0.1, 0.15) is 0 Å². The predicted molar refractivity (Wildman–Crippen MR) is 51.0 cm³/mol. The van der Waals surface area contributed by atoms with Gasteiger partial charge < -0.3 is 10.8 Å². The molecule has 88 valence electrons. The Morgan fingerprint density at radius 1 is 1.38 bits per heavy atom. The molecule has 16 heavy (non-hydrogen) atoms. The minimum absolute atomic E-state index is 0.00711. The van der Waals surface area contributed by atoms with Crippen molar-refractivity contribution in [2.24, 2.45) is 5.73 Å². The Labute approximate surface area is 89.7 Å². The van der Waals surface area contributed by atoms with Crippen molar-refractivity contribution < 1.29 is 23.1 Å². The van der Waals surface area contributed by atoms with E-state index in [0.29, 0.717) is 0 Å². The number of benzene rings is 1. The maximum Gasteiger partial charge on any atom is 0.390 e. The van der Waals surface area contributed by atoms with Gasteiger partial charge in [0.15, 0.2) is 0 Å². The lowest BCUT2D eigenvalue weighted by Crippen LogP contribution is -2.22. The molecule has 3 N–H and O–H groups in total. The Kier molecular flexibility index (Phi) is 3.54. The largest absolute Gasteiger partial charge is 0.478 e. The molecule has 0 radical (unpaired) electrons. The maximum absolute atomic E-state index is 12.1. The standard InChI is InChI=1S/C10H10F3NO2/c11-10(12,13)5-8(14)6-3-1-2-4-7(6)9(15)16/h1-4,8H,5,14H2,(H,15,16)/t8-/m1/s1. The number of carbonyl (C=O) groups is 1. The molecular weight excluding hydrogens is 223 g/mol. The number of hydrogen-bond acceptors (Lipinski definition) is 2. The summed E-state index contributed by atoms with van der Waals surface area (Å²) in [6.07, 6.45) is -5.65. The first-order valence-corrected chi connectivity index (χ1v) is 4.46. The van der Waals surface area contributed by atoms with Gasteiger partial charge in [-0.1, -0.05) is 18.2 Å². The quantitative estimate of drug-likeness (QED) is 0.842. The first-order valence-electron chi connectivity index (χ1n) is 4.46. The Bertz CT molecular complexity index is 390. The lowest BCUT2D eigenvalue weighted by atomic mass is 9.98. The topological polar surface area (TPSA) is 63.3 Å². The number of hydrogen-bond donors (Lipinski definition) is 2. The highest BCUT2D eigenvalue weighted by molar-refractivity contribution is 5.89. The normalized spacial score (nSPS) is 13.5. The molecule has 3 nitrogen and oxygen atoms in total. The van der Waals surface area contributed by atoms with E-state index < -0.39 is 24.6 Å². The van der Waals surface area contributed by atoms with Gasteiger partial charge in [0.2, 0.25) is 0 Å². The van der Waals surface area contributed by atoms with Gasteiger partial charge in [0, 0.05) is 6.04 Å². The number of aromatic carboxylic acids is 1. The second kappa shape index (κ2) is 4.52. The molecular formula is C10H10F3NO2. The van der Waals surface area contributed by atoms with E-state index in [1.807, 2.05) is 0 Å². The molecule has 0 unspecified atom stereocenters. The minimum atomic E-state index is -4.41. The number of halogens is 3. The molecule has 1 aromatic rings. The fraction of sp³-hybridized carbons (Fsp3) is 0.300. The summed E-state index contributed by atoms with van der Waals surface area (Å²) in [7, 11) is 0. The van der Waals surface area contributed by atoms with Crippen molar-refractivity contribution in [3.63, 3.8) is 0 Å². The summed E-state index contributed by atoms with van der Waals surface area (Å²) >= 11 is 0. The van der Waals surface area contributed by atoms with Crippen molar-refractivity contribution in [1.29, 1.82) is 0 Å². The molecule has 0 heterocycles. The Morgan fingerprint density at radius 3 is 2.44 bits per heavy atom. The molecule has 0 aromatic heterocycles. The van der Waals surface area contributed by atoms with Crippen LogP contribution in [0.5, 0.6) is 0 Å². The van der Waals surface area contributed by atoms with Gasteiger partial charge in [-0.15, -0.1) is 0 Å². The fourth-order valence-corrected chi connectivity index (χ4v) is 1.37. The van der Waals surface area contributed by atoms with Crippen LogP contribution < -0.4 is 5.73 Å². The fourth-order valence-electron chi connectivity index (χ4n) is 1.37.